The Kier molecular flexibility index (Phi) is 3.02. The van der Waals surface area contributed by atoms with Crippen LogP contribution in [0.5, 0.6) is 0 Å². The number of hydrogen-bond donors (Lipinski definition) is 0. The molecule has 4 nitrogen and oxygen atoms in total. The molecule has 16 heavy (non-hydrogen) atoms. The predicted octanol–water partition coefficient (Wildman–Crippen LogP) is 2.80. The quantitative estimate of drug-likeness (QED) is 0.831. The Hall–Kier alpha value is -1.27. The van der Waals surface area contributed by atoms with Gasteiger partial charge < -0.3 is 4.90 Å². The molecule has 0 amide bonds. The van der Waals surface area contributed by atoms with Crippen LogP contribution in [0.1, 0.15) is 5.56 Å². The Morgan fingerprint density at radius 3 is 2.81 bits per heavy atom. The SMILES string of the molecule is Cc1cc(Cl)c(N(C)c2nnns2)cc1F. The van der Waals surface area contributed by atoms with Crippen molar-refractivity contribution in [2.75, 3.05) is 11.9 Å². The summed E-state index contributed by atoms with van der Waals surface area (Å²) in [4.78, 5) is 1.65. The summed E-state index contributed by atoms with van der Waals surface area (Å²) in [6, 6.07) is 2.95. The van der Waals surface area contributed by atoms with Crippen LogP contribution < -0.4 is 4.90 Å². The zero-order valence-electron chi connectivity index (χ0n) is 8.61. The van der Waals surface area contributed by atoms with Crippen molar-refractivity contribution in [2.45, 2.75) is 6.92 Å². The highest BCUT2D eigenvalue weighted by Crippen LogP contribution is 2.32. The second kappa shape index (κ2) is 4.31. The van der Waals surface area contributed by atoms with Gasteiger partial charge in [-0.15, -0.1) is 0 Å². The number of anilines is 2. The molecule has 0 aliphatic heterocycles. The molecule has 0 bridgehead atoms. The van der Waals surface area contributed by atoms with Crippen LogP contribution in [0.25, 0.3) is 0 Å². The van der Waals surface area contributed by atoms with Crippen molar-refractivity contribution >= 4 is 34.0 Å². The molecule has 0 saturated carbocycles. The van der Waals surface area contributed by atoms with Crippen molar-refractivity contribution in [3.8, 4) is 0 Å². The van der Waals surface area contributed by atoms with E-state index in [1.807, 2.05) is 0 Å². The highest BCUT2D eigenvalue weighted by atomic mass is 35.5. The zero-order valence-corrected chi connectivity index (χ0v) is 10.2. The Morgan fingerprint density at radius 2 is 2.19 bits per heavy atom. The molecule has 2 rings (SSSR count). The Labute approximate surface area is 101 Å². The fourth-order valence-electron chi connectivity index (χ4n) is 1.25. The Morgan fingerprint density at radius 1 is 1.44 bits per heavy atom. The highest BCUT2D eigenvalue weighted by Gasteiger charge is 2.14. The first-order valence-electron chi connectivity index (χ1n) is 4.44. The summed E-state index contributed by atoms with van der Waals surface area (Å²) in [6.45, 7) is 1.66. The zero-order chi connectivity index (χ0) is 11.7. The maximum Gasteiger partial charge on any atom is 0.232 e. The minimum absolute atomic E-state index is 0.302. The fraction of sp³-hybridized carbons (Fsp3) is 0.222. The molecule has 0 atom stereocenters. The molecule has 0 radical (unpaired) electrons. The summed E-state index contributed by atoms with van der Waals surface area (Å²) in [5.74, 6) is -0.302. The standard InChI is InChI=1S/C9H8ClFN4S/c1-5-3-6(10)8(4-7(5)11)15(2)9-12-13-14-16-9/h3-4H,1-2H3. The van der Waals surface area contributed by atoms with E-state index in [-0.39, 0.29) is 5.82 Å². The third-order valence-corrected chi connectivity index (χ3v) is 3.14. The van der Waals surface area contributed by atoms with Gasteiger partial charge in [-0.3, -0.25) is 0 Å². The van der Waals surface area contributed by atoms with Gasteiger partial charge in [0.2, 0.25) is 5.13 Å². The number of rotatable bonds is 2. The predicted molar refractivity (Wildman–Crippen MR) is 61.9 cm³/mol. The Bertz CT molecular complexity index is 502. The maximum absolute atomic E-state index is 13.4. The molecule has 0 fully saturated rings. The van der Waals surface area contributed by atoms with Gasteiger partial charge in [0, 0.05) is 18.6 Å². The molecule has 7 heteroatoms. The summed E-state index contributed by atoms with van der Waals surface area (Å²) in [7, 11) is 1.73. The first kappa shape index (κ1) is 11.2. The summed E-state index contributed by atoms with van der Waals surface area (Å²) in [5, 5.41) is 8.30. The van der Waals surface area contributed by atoms with E-state index in [0.717, 1.165) is 11.5 Å². The van der Waals surface area contributed by atoms with Gasteiger partial charge in [0.05, 0.1) is 10.7 Å². The van der Waals surface area contributed by atoms with Crippen molar-refractivity contribution < 1.29 is 4.39 Å². The van der Waals surface area contributed by atoms with E-state index in [2.05, 4.69) is 14.8 Å². The van der Waals surface area contributed by atoms with Crippen LogP contribution >= 0.6 is 23.1 Å². The van der Waals surface area contributed by atoms with E-state index >= 15 is 0 Å². The Balaban J connectivity index is 2.44. The minimum Gasteiger partial charge on any atom is -0.317 e. The number of halogens is 2. The average molecular weight is 259 g/mol. The second-order valence-corrected chi connectivity index (χ2v) is 4.37. The molecule has 1 aromatic carbocycles. The molecule has 0 aliphatic carbocycles. The van der Waals surface area contributed by atoms with E-state index < -0.39 is 0 Å². The van der Waals surface area contributed by atoms with Crippen LogP contribution in [0, 0.1) is 12.7 Å². The van der Waals surface area contributed by atoms with Crippen LogP contribution in [0.4, 0.5) is 15.2 Å². The van der Waals surface area contributed by atoms with Gasteiger partial charge in [0.25, 0.3) is 0 Å². The van der Waals surface area contributed by atoms with E-state index in [4.69, 9.17) is 11.6 Å². The molecule has 1 heterocycles. The van der Waals surface area contributed by atoms with Crippen molar-refractivity contribution in [1.82, 2.24) is 14.8 Å². The molecule has 0 unspecified atom stereocenters. The first-order valence-corrected chi connectivity index (χ1v) is 5.59. The fourth-order valence-corrected chi connectivity index (χ4v) is 2.04. The largest absolute Gasteiger partial charge is 0.317 e. The van der Waals surface area contributed by atoms with Crippen LogP contribution in [-0.2, 0) is 0 Å². The van der Waals surface area contributed by atoms with Crippen LogP contribution in [0.3, 0.4) is 0 Å². The van der Waals surface area contributed by atoms with Crippen molar-refractivity contribution in [2.24, 2.45) is 0 Å². The molecule has 0 saturated heterocycles. The van der Waals surface area contributed by atoms with Crippen LogP contribution in [0.15, 0.2) is 12.1 Å². The monoisotopic (exact) mass is 258 g/mol. The number of nitrogens with zero attached hydrogens (tertiary/aromatic N) is 4. The van der Waals surface area contributed by atoms with Crippen molar-refractivity contribution in [3.05, 3.63) is 28.5 Å². The third-order valence-electron chi connectivity index (χ3n) is 2.17. The van der Waals surface area contributed by atoms with Gasteiger partial charge in [-0.05, 0) is 29.8 Å². The smallest absolute Gasteiger partial charge is 0.232 e. The van der Waals surface area contributed by atoms with Gasteiger partial charge in [-0.2, -0.15) is 0 Å². The molecular weight excluding hydrogens is 251 g/mol. The van der Waals surface area contributed by atoms with Crippen molar-refractivity contribution in [3.63, 3.8) is 0 Å². The van der Waals surface area contributed by atoms with Crippen molar-refractivity contribution in [1.29, 1.82) is 0 Å². The van der Waals surface area contributed by atoms with E-state index in [1.54, 1.807) is 24.9 Å². The number of hydrogen-bond acceptors (Lipinski definition) is 5. The lowest BCUT2D eigenvalue weighted by atomic mass is 10.2. The summed E-state index contributed by atoms with van der Waals surface area (Å²) in [5.41, 5.74) is 1.06. The molecule has 2 aromatic rings. The molecule has 0 aliphatic rings. The number of aryl methyl sites for hydroxylation is 1. The van der Waals surface area contributed by atoms with Gasteiger partial charge in [-0.1, -0.05) is 21.2 Å². The average Bonchev–Trinajstić information content (AvgIpc) is 2.75. The van der Waals surface area contributed by atoms with E-state index in [9.17, 15) is 4.39 Å². The highest BCUT2D eigenvalue weighted by molar-refractivity contribution is 7.09. The first-order chi connectivity index (χ1) is 7.59. The third kappa shape index (κ3) is 1.98. The summed E-state index contributed by atoms with van der Waals surface area (Å²) in [6.07, 6.45) is 0. The lowest BCUT2D eigenvalue weighted by molar-refractivity contribution is 0.618. The summed E-state index contributed by atoms with van der Waals surface area (Å²) >= 11 is 7.16. The normalized spacial score (nSPS) is 10.5. The molecule has 84 valence electrons. The lowest BCUT2D eigenvalue weighted by Crippen LogP contribution is -2.10. The van der Waals surface area contributed by atoms with E-state index in [1.165, 1.54) is 6.07 Å². The van der Waals surface area contributed by atoms with E-state index in [0.29, 0.717) is 21.4 Å². The number of aromatic nitrogens is 3. The van der Waals surface area contributed by atoms with Gasteiger partial charge in [-0.25, -0.2) is 4.39 Å². The van der Waals surface area contributed by atoms with Gasteiger partial charge in [0.1, 0.15) is 5.82 Å². The second-order valence-electron chi connectivity index (χ2n) is 3.26. The molecule has 1 aromatic heterocycles. The molecule has 0 spiro atoms. The summed E-state index contributed by atoms with van der Waals surface area (Å²) < 4.78 is 17.1. The maximum atomic E-state index is 13.4. The minimum atomic E-state index is -0.302. The topological polar surface area (TPSA) is 41.9 Å². The lowest BCUT2D eigenvalue weighted by Gasteiger charge is -2.16. The number of benzene rings is 1. The van der Waals surface area contributed by atoms with Crippen LogP contribution in [0.2, 0.25) is 5.02 Å². The van der Waals surface area contributed by atoms with Gasteiger partial charge in [0.15, 0.2) is 0 Å². The molecular formula is C9H8ClFN4S. The molecule has 0 N–H and O–H groups in total. The van der Waals surface area contributed by atoms with Gasteiger partial charge >= 0.3 is 0 Å². The van der Waals surface area contributed by atoms with Crippen LogP contribution in [-0.4, -0.2) is 21.8 Å².